The van der Waals surface area contributed by atoms with Gasteiger partial charge in [0, 0.05) is 28.8 Å². The van der Waals surface area contributed by atoms with Gasteiger partial charge in [0.1, 0.15) is 17.5 Å². The Morgan fingerprint density at radius 2 is 1.75 bits per heavy atom. The third kappa shape index (κ3) is 3.96. The summed E-state index contributed by atoms with van der Waals surface area (Å²) in [5.74, 6) is -5.31. The summed E-state index contributed by atoms with van der Waals surface area (Å²) in [5.41, 5.74) is -2.59. The smallest absolute Gasteiger partial charge is 0.416 e. The molecule has 0 saturated carbocycles. The van der Waals surface area contributed by atoms with Crippen LogP contribution in [0, 0.1) is 17.5 Å². The number of anilines is 1. The molecule has 13 heteroatoms. The summed E-state index contributed by atoms with van der Waals surface area (Å²) in [7, 11) is 0. The number of alkyl halides is 3. The minimum atomic E-state index is -4.92. The first-order chi connectivity index (χ1) is 16.9. The number of amides is 2. The summed E-state index contributed by atoms with van der Waals surface area (Å²) in [6, 6.07) is 2.63. The molecular formula is C23H11ClF6N2O4. The van der Waals surface area contributed by atoms with E-state index in [4.69, 9.17) is 21.1 Å². The molecule has 0 bridgehead atoms. The molecule has 2 aliphatic rings. The molecule has 3 aromatic rings. The van der Waals surface area contributed by atoms with Crippen molar-refractivity contribution in [2.45, 2.75) is 12.2 Å². The first-order valence-corrected chi connectivity index (χ1v) is 10.4. The first-order valence-electron chi connectivity index (χ1n) is 10.0. The number of benzene rings is 3. The third-order valence-electron chi connectivity index (χ3n) is 5.56. The Balaban J connectivity index is 1.64. The molecule has 0 spiro atoms. The van der Waals surface area contributed by atoms with Crippen LogP contribution >= 0.6 is 11.6 Å². The molecule has 0 fully saturated rings. The van der Waals surface area contributed by atoms with Gasteiger partial charge in [-0.3, -0.25) is 9.59 Å². The molecule has 1 unspecified atom stereocenters. The zero-order chi connectivity index (χ0) is 25.9. The molecule has 3 aromatic carbocycles. The molecule has 186 valence electrons. The van der Waals surface area contributed by atoms with Gasteiger partial charge < -0.3 is 20.1 Å². The maximum atomic E-state index is 14.2. The highest BCUT2D eigenvalue weighted by molar-refractivity contribution is 6.31. The summed E-state index contributed by atoms with van der Waals surface area (Å²) < 4.78 is 92.0. The van der Waals surface area contributed by atoms with E-state index in [0.29, 0.717) is 18.2 Å². The standard InChI is InChI=1S/C23H11ClF6N2O4/c24-18-12(4-11(26)5-13(18)27)19-16-14(6-15-20(36-7-35-15)17(16)22(34)32-19)31-21(33)8-1-9(23(28,29)30)3-10(25)2-8/h1-6,19H,7H2,(H,31,33)(H,32,34). The molecule has 2 heterocycles. The second-order valence-corrected chi connectivity index (χ2v) is 8.20. The maximum Gasteiger partial charge on any atom is 0.416 e. The number of carbonyl (C=O) groups excluding carboxylic acids is 2. The molecule has 2 aliphatic heterocycles. The largest absolute Gasteiger partial charge is 0.453 e. The van der Waals surface area contributed by atoms with Crippen molar-refractivity contribution in [3.63, 3.8) is 0 Å². The van der Waals surface area contributed by atoms with Crippen LogP contribution < -0.4 is 20.1 Å². The van der Waals surface area contributed by atoms with Crippen molar-refractivity contribution < 1.29 is 45.4 Å². The zero-order valence-corrected chi connectivity index (χ0v) is 18.3. The van der Waals surface area contributed by atoms with Crippen LogP contribution in [0.3, 0.4) is 0 Å². The van der Waals surface area contributed by atoms with Crippen molar-refractivity contribution in [2.75, 3.05) is 12.1 Å². The summed E-state index contributed by atoms with van der Waals surface area (Å²) in [4.78, 5) is 25.7. The van der Waals surface area contributed by atoms with Crippen LogP contribution in [0.25, 0.3) is 0 Å². The lowest BCUT2D eigenvalue weighted by molar-refractivity contribution is -0.137. The molecule has 2 N–H and O–H groups in total. The maximum absolute atomic E-state index is 14.2. The number of fused-ring (bicyclic) bond motifs is 3. The number of nitrogens with one attached hydrogen (secondary N) is 2. The Labute approximate surface area is 202 Å². The molecule has 0 saturated heterocycles. The molecule has 0 aliphatic carbocycles. The average molecular weight is 529 g/mol. The summed E-state index contributed by atoms with van der Waals surface area (Å²) in [6.45, 7) is -0.286. The van der Waals surface area contributed by atoms with E-state index in [1.807, 2.05) is 0 Å². The fraction of sp³-hybridized carbons (Fsp3) is 0.130. The van der Waals surface area contributed by atoms with Gasteiger partial charge in [0.15, 0.2) is 11.5 Å². The van der Waals surface area contributed by atoms with Crippen molar-refractivity contribution >= 4 is 29.1 Å². The van der Waals surface area contributed by atoms with Gasteiger partial charge in [0.25, 0.3) is 11.8 Å². The van der Waals surface area contributed by atoms with E-state index < -0.39 is 57.6 Å². The van der Waals surface area contributed by atoms with Crippen LogP contribution in [-0.4, -0.2) is 18.6 Å². The Morgan fingerprint density at radius 1 is 1.03 bits per heavy atom. The second-order valence-electron chi connectivity index (χ2n) is 7.82. The van der Waals surface area contributed by atoms with Crippen molar-refractivity contribution in [1.82, 2.24) is 5.32 Å². The van der Waals surface area contributed by atoms with Crippen LogP contribution in [0.2, 0.25) is 5.02 Å². The van der Waals surface area contributed by atoms with Crippen LogP contribution in [0.4, 0.5) is 32.0 Å². The monoisotopic (exact) mass is 528 g/mol. The lowest BCUT2D eigenvalue weighted by atomic mass is 9.95. The van der Waals surface area contributed by atoms with E-state index in [1.54, 1.807) is 0 Å². The fourth-order valence-corrected chi connectivity index (χ4v) is 4.28. The molecule has 0 radical (unpaired) electrons. The van der Waals surface area contributed by atoms with Crippen LogP contribution in [0.5, 0.6) is 11.5 Å². The fourth-order valence-electron chi connectivity index (χ4n) is 4.06. The summed E-state index contributed by atoms with van der Waals surface area (Å²) in [6.07, 6.45) is -4.92. The number of carbonyl (C=O) groups is 2. The normalized spacial score (nSPS) is 16.1. The lowest BCUT2D eigenvalue weighted by Crippen LogP contribution is -2.21. The molecule has 0 aromatic heterocycles. The van der Waals surface area contributed by atoms with Crippen LogP contribution in [0.1, 0.15) is 43.4 Å². The molecule has 36 heavy (non-hydrogen) atoms. The van der Waals surface area contributed by atoms with Gasteiger partial charge >= 0.3 is 6.18 Å². The van der Waals surface area contributed by atoms with E-state index >= 15 is 0 Å². The SMILES string of the molecule is O=C(Nc1cc2c(c3c1C(c1cc(F)cc(F)c1Cl)NC3=O)OCO2)c1cc(F)cc(C(F)(F)F)c1. The van der Waals surface area contributed by atoms with Crippen LogP contribution in [0.15, 0.2) is 36.4 Å². The number of ether oxygens (including phenoxy) is 2. The van der Waals surface area contributed by atoms with E-state index in [2.05, 4.69) is 10.6 Å². The van der Waals surface area contributed by atoms with Gasteiger partial charge in [-0.2, -0.15) is 13.2 Å². The second kappa shape index (κ2) is 8.33. The van der Waals surface area contributed by atoms with Crippen LogP contribution in [-0.2, 0) is 6.18 Å². The number of hydrogen-bond acceptors (Lipinski definition) is 4. The summed E-state index contributed by atoms with van der Waals surface area (Å²) in [5, 5.41) is 4.32. The van der Waals surface area contributed by atoms with E-state index in [9.17, 15) is 35.9 Å². The van der Waals surface area contributed by atoms with Gasteiger partial charge in [-0.1, -0.05) is 11.6 Å². The Morgan fingerprint density at radius 3 is 2.47 bits per heavy atom. The van der Waals surface area contributed by atoms with Crippen molar-refractivity contribution in [2.24, 2.45) is 0 Å². The molecule has 1 atom stereocenters. The van der Waals surface area contributed by atoms with Gasteiger partial charge in [-0.25, -0.2) is 13.2 Å². The highest BCUT2D eigenvalue weighted by Crippen LogP contribution is 2.49. The average Bonchev–Trinajstić information content (AvgIpc) is 3.39. The third-order valence-corrected chi connectivity index (χ3v) is 5.96. The lowest BCUT2D eigenvalue weighted by Gasteiger charge is -2.19. The Kier molecular flexibility index (Phi) is 5.51. The summed E-state index contributed by atoms with van der Waals surface area (Å²) >= 11 is 6.02. The van der Waals surface area contributed by atoms with E-state index in [-0.39, 0.29) is 46.7 Å². The van der Waals surface area contributed by atoms with E-state index in [0.717, 1.165) is 6.07 Å². The molecule has 2 amide bonds. The number of halogens is 7. The van der Waals surface area contributed by atoms with Crippen molar-refractivity contribution in [3.05, 3.63) is 86.7 Å². The van der Waals surface area contributed by atoms with Gasteiger partial charge in [0.05, 0.1) is 27.9 Å². The topological polar surface area (TPSA) is 76.7 Å². The van der Waals surface area contributed by atoms with Gasteiger partial charge in [-0.15, -0.1) is 0 Å². The quantitative estimate of drug-likeness (QED) is 0.343. The van der Waals surface area contributed by atoms with E-state index in [1.165, 1.54) is 6.07 Å². The minimum Gasteiger partial charge on any atom is -0.453 e. The minimum absolute atomic E-state index is 0.0129. The number of rotatable bonds is 3. The van der Waals surface area contributed by atoms with Crippen molar-refractivity contribution in [3.8, 4) is 11.5 Å². The van der Waals surface area contributed by atoms with Gasteiger partial charge in [-0.05, 0) is 24.3 Å². The predicted octanol–water partition coefficient (Wildman–Crippen LogP) is 5.59. The highest BCUT2D eigenvalue weighted by Gasteiger charge is 2.40. The Bertz CT molecular complexity index is 1460. The number of hydrogen-bond donors (Lipinski definition) is 2. The molecular weight excluding hydrogens is 518 g/mol. The van der Waals surface area contributed by atoms with Gasteiger partial charge in [0.2, 0.25) is 6.79 Å². The molecule has 6 nitrogen and oxygen atoms in total. The predicted molar refractivity (Wildman–Crippen MR) is 113 cm³/mol. The van der Waals surface area contributed by atoms with Crippen molar-refractivity contribution in [1.29, 1.82) is 0 Å². The molecule has 5 rings (SSSR count). The Hall–Kier alpha value is -3.93. The highest BCUT2D eigenvalue weighted by atomic mass is 35.5. The first kappa shape index (κ1) is 23.8. The zero-order valence-electron chi connectivity index (χ0n) is 17.5.